The smallest absolute Gasteiger partial charge is 0.234 e. The molecule has 2 heteroatoms. The highest BCUT2D eigenvalue weighted by Gasteiger charge is 2.16. The Kier molecular flexibility index (Phi) is 22.0. The minimum atomic E-state index is 1.23. The van der Waals surface area contributed by atoms with Crippen LogP contribution in [0.4, 0.5) is 0 Å². The molecule has 1 heterocycles. The second-order valence-corrected chi connectivity index (χ2v) is 10.9. The van der Waals surface area contributed by atoms with Crippen molar-refractivity contribution >= 4 is 0 Å². The molecule has 0 unspecified atom stereocenters. The molecule has 34 heavy (non-hydrogen) atoms. The molecule has 0 radical (unpaired) electrons. The zero-order valence-electron chi connectivity index (χ0n) is 23.9. The predicted octanol–water partition coefficient (Wildman–Crippen LogP) is 10.4. The third-order valence-electron chi connectivity index (χ3n) is 7.60. The van der Waals surface area contributed by atoms with Gasteiger partial charge in [0.15, 0.2) is 0 Å². The maximum atomic E-state index is 2.61. The molecule has 2 nitrogen and oxygen atoms in total. The summed E-state index contributed by atoms with van der Waals surface area (Å²) in [5.74, 6) is 1.61. The van der Waals surface area contributed by atoms with Crippen molar-refractivity contribution in [2.75, 3.05) is 0 Å². The zero-order valence-corrected chi connectivity index (χ0v) is 23.9. The second-order valence-electron chi connectivity index (χ2n) is 10.9. The van der Waals surface area contributed by atoms with E-state index < -0.39 is 0 Å². The number of unbranched alkanes of at least 4 members (excludes halogenated alkanes) is 20. The number of aryl methyl sites for hydroxylation is 2. The molecular formula is C32H63N2+. The molecule has 0 aliphatic heterocycles. The highest BCUT2D eigenvalue weighted by atomic mass is 15.1. The summed E-state index contributed by atoms with van der Waals surface area (Å²) >= 11 is 0. The van der Waals surface area contributed by atoms with E-state index >= 15 is 0 Å². The van der Waals surface area contributed by atoms with Crippen molar-refractivity contribution in [3.8, 4) is 0 Å². The number of nitrogens with zero attached hydrogens (tertiary/aromatic N) is 2. The van der Waals surface area contributed by atoms with Crippen LogP contribution in [0.5, 0.6) is 0 Å². The summed E-state index contributed by atoms with van der Waals surface area (Å²) < 4.78 is 5.22. The Morgan fingerprint density at radius 2 is 0.912 bits per heavy atom. The summed E-state index contributed by atoms with van der Waals surface area (Å²) in [5, 5.41) is 0. The predicted molar refractivity (Wildman–Crippen MR) is 152 cm³/mol. The van der Waals surface area contributed by atoms with Crippen LogP contribution in [-0.2, 0) is 19.5 Å². The summed E-state index contributed by atoms with van der Waals surface area (Å²) in [6.45, 7) is 9.38. The minimum absolute atomic E-state index is 1.23. The van der Waals surface area contributed by atoms with Gasteiger partial charge in [0, 0.05) is 6.42 Å². The summed E-state index contributed by atoms with van der Waals surface area (Å²) in [4.78, 5) is 0. The first kappa shape index (κ1) is 31.2. The molecule has 0 fully saturated rings. The van der Waals surface area contributed by atoms with Crippen molar-refractivity contribution in [3.63, 3.8) is 0 Å². The fourth-order valence-electron chi connectivity index (χ4n) is 5.26. The zero-order chi connectivity index (χ0) is 24.5. The van der Waals surface area contributed by atoms with Gasteiger partial charge in [-0.1, -0.05) is 136 Å². The summed E-state index contributed by atoms with van der Waals surface area (Å²) in [6.07, 6.45) is 38.5. The molecular weight excluding hydrogens is 412 g/mol. The van der Waals surface area contributed by atoms with E-state index in [0.29, 0.717) is 0 Å². The topological polar surface area (TPSA) is 8.81 Å². The normalized spacial score (nSPS) is 11.5. The van der Waals surface area contributed by atoms with E-state index in [1.54, 1.807) is 5.82 Å². The Morgan fingerprint density at radius 1 is 0.500 bits per heavy atom. The number of hydrogen-bond acceptors (Lipinski definition) is 0. The number of hydrogen-bond donors (Lipinski definition) is 0. The lowest BCUT2D eigenvalue weighted by atomic mass is 10.1. The van der Waals surface area contributed by atoms with E-state index in [2.05, 4.69) is 42.3 Å². The van der Waals surface area contributed by atoms with E-state index in [0.717, 1.165) is 0 Å². The monoisotopic (exact) mass is 475 g/mol. The maximum Gasteiger partial charge on any atom is 0.256 e. The Morgan fingerprint density at radius 3 is 1.41 bits per heavy atom. The van der Waals surface area contributed by atoms with Crippen molar-refractivity contribution in [2.24, 2.45) is 0 Å². The van der Waals surface area contributed by atoms with Crippen LogP contribution in [0, 0.1) is 0 Å². The van der Waals surface area contributed by atoms with E-state index in [1.165, 1.54) is 167 Å². The van der Waals surface area contributed by atoms with Crippen LogP contribution >= 0.6 is 0 Å². The Hall–Kier alpha value is -0.790. The Balaban J connectivity index is 2.36. The van der Waals surface area contributed by atoms with Crippen molar-refractivity contribution in [3.05, 3.63) is 18.2 Å². The molecule has 1 rings (SSSR count). The molecule has 0 bridgehead atoms. The van der Waals surface area contributed by atoms with Gasteiger partial charge in [-0.3, -0.25) is 0 Å². The molecule has 0 aliphatic carbocycles. The standard InChI is InChI=1S/C32H63N2/c1-4-7-10-13-16-18-20-23-26-29-34-31-30-33(28-25-22-19-17-14-11-8-5-2)32(34)27-24-21-15-12-9-6-3/h30-31H,4-29H2,1-3H3/q+1. The lowest BCUT2D eigenvalue weighted by Gasteiger charge is -2.07. The first-order valence-electron chi connectivity index (χ1n) is 15.9. The fourth-order valence-corrected chi connectivity index (χ4v) is 5.26. The van der Waals surface area contributed by atoms with Crippen LogP contribution in [0.3, 0.4) is 0 Å². The Bertz CT molecular complexity index is 533. The van der Waals surface area contributed by atoms with Crippen molar-refractivity contribution in [1.82, 2.24) is 4.57 Å². The highest BCUT2D eigenvalue weighted by molar-refractivity contribution is 4.84. The van der Waals surface area contributed by atoms with Crippen LogP contribution in [0.1, 0.15) is 174 Å². The van der Waals surface area contributed by atoms with Gasteiger partial charge >= 0.3 is 0 Å². The van der Waals surface area contributed by atoms with Crippen LogP contribution in [-0.4, -0.2) is 4.57 Å². The average Bonchev–Trinajstić information content (AvgIpc) is 3.23. The van der Waals surface area contributed by atoms with Crippen LogP contribution in [0.25, 0.3) is 0 Å². The Labute approximate surface area is 215 Å². The molecule has 0 spiro atoms. The SMILES string of the molecule is CCCCCCCCCCCn1cc[n+](CCCCCCCCCC)c1CCCCCCCC. The first-order chi connectivity index (χ1) is 16.8. The van der Waals surface area contributed by atoms with Gasteiger partial charge in [-0.15, -0.1) is 0 Å². The van der Waals surface area contributed by atoms with Gasteiger partial charge in [0.2, 0.25) is 0 Å². The summed E-state index contributed by atoms with van der Waals surface area (Å²) in [7, 11) is 0. The molecule has 200 valence electrons. The maximum absolute atomic E-state index is 2.61. The third kappa shape index (κ3) is 16.8. The van der Waals surface area contributed by atoms with Crippen molar-refractivity contribution in [2.45, 2.75) is 188 Å². The van der Waals surface area contributed by atoms with Gasteiger partial charge in [-0.2, -0.15) is 0 Å². The van der Waals surface area contributed by atoms with E-state index in [1.807, 2.05) is 0 Å². The van der Waals surface area contributed by atoms with Gasteiger partial charge in [0.05, 0.1) is 13.1 Å². The largest absolute Gasteiger partial charge is 0.256 e. The minimum Gasteiger partial charge on any atom is -0.234 e. The van der Waals surface area contributed by atoms with Gasteiger partial charge in [0.25, 0.3) is 5.82 Å². The lowest BCUT2D eigenvalue weighted by molar-refractivity contribution is -0.704. The lowest BCUT2D eigenvalue weighted by Crippen LogP contribution is -2.37. The van der Waals surface area contributed by atoms with Crippen molar-refractivity contribution < 1.29 is 4.57 Å². The molecule has 0 saturated carbocycles. The molecule has 0 N–H and O–H groups in total. The molecule has 0 saturated heterocycles. The van der Waals surface area contributed by atoms with Crippen molar-refractivity contribution in [1.29, 1.82) is 0 Å². The number of aromatic nitrogens is 2. The molecule has 0 amide bonds. The summed E-state index contributed by atoms with van der Waals surface area (Å²) in [5.41, 5.74) is 0. The third-order valence-corrected chi connectivity index (χ3v) is 7.60. The van der Waals surface area contributed by atoms with Crippen LogP contribution in [0.2, 0.25) is 0 Å². The van der Waals surface area contributed by atoms with Gasteiger partial charge in [-0.05, 0) is 32.1 Å². The van der Waals surface area contributed by atoms with Gasteiger partial charge in [-0.25, -0.2) is 9.13 Å². The molecule has 0 aromatic carbocycles. The quantitative estimate of drug-likeness (QED) is 0.0930. The molecule has 1 aromatic heterocycles. The molecule has 0 aliphatic rings. The average molecular weight is 476 g/mol. The molecule has 0 atom stereocenters. The van der Waals surface area contributed by atoms with Gasteiger partial charge < -0.3 is 0 Å². The second kappa shape index (κ2) is 23.9. The van der Waals surface area contributed by atoms with Gasteiger partial charge in [0.1, 0.15) is 12.4 Å². The van der Waals surface area contributed by atoms with Crippen LogP contribution in [0.15, 0.2) is 12.4 Å². The van der Waals surface area contributed by atoms with Crippen LogP contribution < -0.4 is 4.57 Å². The molecule has 1 aromatic rings. The highest BCUT2D eigenvalue weighted by Crippen LogP contribution is 2.13. The number of imidazole rings is 1. The van der Waals surface area contributed by atoms with E-state index in [9.17, 15) is 0 Å². The first-order valence-corrected chi connectivity index (χ1v) is 15.9. The number of rotatable bonds is 26. The fraction of sp³-hybridized carbons (Fsp3) is 0.906. The van der Waals surface area contributed by atoms with E-state index in [4.69, 9.17) is 0 Å². The summed E-state index contributed by atoms with van der Waals surface area (Å²) in [6, 6.07) is 0. The van der Waals surface area contributed by atoms with E-state index in [-0.39, 0.29) is 0 Å².